The Morgan fingerprint density at radius 1 is 1.12 bits per heavy atom. The van der Waals surface area contributed by atoms with Crippen molar-refractivity contribution in [3.63, 3.8) is 0 Å². The normalized spacial score (nSPS) is 12.0. The van der Waals surface area contributed by atoms with E-state index < -0.39 is 6.04 Å². The minimum absolute atomic E-state index is 0.166. The predicted octanol–water partition coefficient (Wildman–Crippen LogP) is 2.90. The molecule has 6 heteroatoms. The lowest BCUT2D eigenvalue weighted by molar-refractivity contribution is -0.118. The van der Waals surface area contributed by atoms with Gasteiger partial charge in [0.25, 0.3) is 5.91 Å². The summed E-state index contributed by atoms with van der Waals surface area (Å²) in [4.78, 5) is 28.9. The van der Waals surface area contributed by atoms with Crippen molar-refractivity contribution in [2.75, 3.05) is 12.4 Å². The van der Waals surface area contributed by atoms with Crippen LogP contribution in [0.15, 0.2) is 48.8 Å². The van der Waals surface area contributed by atoms with Crippen molar-refractivity contribution in [3.05, 3.63) is 59.9 Å². The zero-order valence-electron chi connectivity index (χ0n) is 14.4. The van der Waals surface area contributed by atoms with Crippen LogP contribution < -0.4 is 10.6 Å². The quantitative estimate of drug-likeness (QED) is 0.769. The molecule has 2 N–H and O–H groups in total. The van der Waals surface area contributed by atoms with E-state index in [1.165, 1.54) is 0 Å². The number of fused-ring (bicyclic) bond motifs is 1. The van der Waals surface area contributed by atoms with E-state index >= 15 is 0 Å². The zero-order chi connectivity index (χ0) is 18.0. The highest BCUT2D eigenvalue weighted by molar-refractivity contribution is 6.00. The topological polar surface area (TPSA) is 76.0 Å². The number of amides is 2. The molecule has 0 bridgehead atoms. The molecule has 6 nitrogen and oxygen atoms in total. The fourth-order valence-corrected chi connectivity index (χ4v) is 2.80. The maximum absolute atomic E-state index is 12.7. The molecule has 3 aromatic rings. The third-order valence-electron chi connectivity index (χ3n) is 4.34. The molecule has 1 heterocycles. The van der Waals surface area contributed by atoms with Gasteiger partial charge in [-0.2, -0.15) is 0 Å². The summed E-state index contributed by atoms with van der Waals surface area (Å²) in [5, 5.41) is 5.52. The van der Waals surface area contributed by atoms with Crippen molar-refractivity contribution in [1.82, 2.24) is 14.9 Å². The van der Waals surface area contributed by atoms with E-state index in [1.807, 2.05) is 42.7 Å². The molecule has 128 valence electrons. The highest BCUT2D eigenvalue weighted by Gasteiger charge is 2.19. The van der Waals surface area contributed by atoms with Gasteiger partial charge in [-0.1, -0.05) is 18.2 Å². The Morgan fingerprint density at radius 2 is 1.88 bits per heavy atom. The first-order valence-corrected chi connectivity index (χ1v) is 8.07. The lowest BCUT2D eigenvalue weighted by Crippen LogP contribution is -2.24. The molecule has 0 saturated heterocycles. The van der Waals surface area contributed by atoms with Gasteiger partial charge in [0, 0.05) is 18.3 Å². The maximum Gasteiger partial charge on any atom is 0.251 e. The third-order valence-corrected chi connectivity index (χ3v) is 4.34. The van der Waals surface area contributed by atoms with Crippen molar-refractivity contribution in [2.24, 2.45) is 0 Å². The van der Waals surface area contributed by atoms with E-state index in [2.05, 4.69) is 15.6 Å². The number of carbonyl (C=O) groups is 2. The molecule has 1 atom stereocenters. The summed E-state index contributed by atoms with van der Waals surface area (Å²) in [6.07, 6.45) is 1.67. The summed E-state index contributed by atoms with van der Waals surface area (Å²) in [7, 11) is 1.58. The second kappa shape index (κ2) is 6.76. The van der Waals surface area contributed by atoms with Crippen LogP contribution in [0.25, 0.3) is 11.0 Å². The van der Waals surface area contributed by atoms with E-state index in [0.29, 0.717) is 11.3 Å². The number of aromatic nitrogens is 2. The number of carbonyl (C=O) groups excluding carboxylic acids is 2. The van der Waals surface area contributed by atoms with Gasteiger partial charge in [-0.15, -0.1) is 0 Å². The van der Waals surface area contributed by atoms with Crippen molar-refractivity contribution in [2.45, 2.75) is 19.9 Å². The molecule has 2 aromatic carbocycles. The highest BCUT2D eigenvalue weighted by atomic mass is 16.2. The van der Waals surface area contributed by atoms with E-state index in [-0.39, 0.29) is 11.8 Å². The Labute approximate surface area is 145 Å². The lowest BCUT2D eigenvalue weighted by Gasteiger charge is -2.17. The summed E-state index contributed by atoms with van der Waals surface area (Å²) >= 11 is 0. The molecule has 0 fully saturated rings. The van der Waals surface area contributed by atoms with Gasteiger partial charge in [-0.05, 0) is 43.7 Å². The number of hydrogen-bond acceptors (Lipinski definition) is 3. The largest absolute Gasteiger partial charge is 0.355 e. The number of rotatable bonds is 4. The van der Waals surface area contributed by atoms with Gasteiger partial charge in [-0.25, -0.2) is 4.98 Å². The minimum atomic E-state index is -0.435. The second-order valence-corrected chi connectivity index (χ2v) is 5.86. The zero-order valence-corrected chi connectivity index (χ0v) is 14.4. The van der Waals surface area contributed by atoms with Gasteiger partial charge < -0.3 is 15.2 Å². The number of para-hydroxylation sites is 2. The van der Waals surface area contributed by atoms with Crippen molar-refractivity contribution in [3.8, 4) is 0 Å². The smallest absolute Gasteiger partial charge is 0.251 e. The van der Waals surface area contributed by atoms with Gasteiger partial charge in [0.2, 0.25) is 5.91 Å². The molecule has 0 spiro atoms. The Morgan fingerprint density at radius 3 is 2.64 bits per heavy atom. The lowest BCUT2D eigenvalue weighted by atomic mass is 10.1. The molecule has 0 aliphatic heterocycles. The fourth-order valence-electron chi connectivity index (χ4n) is 2.80. The van der Waals surface area contributed by atoms with Crippen LogP contribution in [0.5, 0.6) is 0 Å². The third kappa shape index (κ3) is 3.10. The molecule has 3 rings (SSSR count). The summed E-state index contributed by atoms with van der Waals surface area (Å²) in [6.45, 7) is 3.64. The standard InChI is InChI=1S/C19H20N4O2/c1-12-14(19(25)20-3)7-6-9-15(12)22-18(24)13(2)23-11-21-16-8-4-5-10-17(16)23/h4-11,13H,1-3H3,(H,20,25)(H,22,24). The fraction of sp³-hybridized carbons (Fsp3) is 0.211. The van der Waals surface area contributed by atoms with Crippen LogP contribution in [0.3, 0.4) is 0 Å². The average molecular weight is 336 g/mol. The summed E-state index contributed by atoms with van der Waals surface area (Å²) in [6, 6.07) is 12.5. The molecule has 0 aliphatic rings. The van der Waals surface area contributed by atoms with E-state index in [0.717, 1.165) is 16.6 Å². The summed E-state index contributed by atoms with van der Waals surface area (Å²) in [5.74, 6) is -0.345. The number of imidazole rings is 1. The van der Waals surface area contributed by atoms with E-state index in [9.17, 15) is 9.59 Å². The van der Waals surface area contributed by atoms with Crippen LogP contribution >= 0.6 is 0 Å². The monoisotopic (exact) mass is 336 g/mol. The van der Waals surface area contributed by atoms with Crippen LogP contribution in [0.1, 0.15) is 28.9 Å². The Kier molecular flexibility index (Phi) is 4.52. The van der Waals surface area contributed by atoms with E-state index in [1.54, 1.807) is 31.6 Å². The Hall–Kier alpha value is -3.15. The molecule has 0 saturated carbocycles. The molecule has 1 unspecified atom stereocenters. The van der Waals surface area contributed by atoms with Gasteiger partial charge in [0.1, 0.15) is 6.04 Å². The number of benzene rings is 2. The van der Waals surface area contributed by atoms with Crippen molar-refractivity contribution in [1.29, 1.82) is 0 Å². The van der Waals surface area contributed by atoms with E-state index in [4.69, 9.17) is 0 Å². The average Bonchev–Trinajstić information content (AvgIpc) is 3.06. The summed E-state index contributed by atoms with van der Waals surface area (Å²) < 4.78 is 1.84. The predicted molar refractivity (Wildman–Crippen MR) is 97.6 cm³/mol. The van der Waals surface area contributed by atoms with Crippen LogP contribution in [0.4, 0.5) is 5.69 Å². The first kappa shape index (κ1) is 16.7. The van der Waals surface area contributed by atoms with Gasteiger partial charge >= 0.3 is 0 Å². The van der Waals surface area contributed by atoms with Crippen LogP contribution in [-0.4, -0.2) is 28.4 Å². The number of nitrogens with zero attached hydrogens (tertiary/aromatic N) is 2. The Balaban J connectivity index is 1.86. The minimum Gasteiger partial charge on any atom is -0.355 e. The van der Waals surface area contributed by atoms with Crippen LogP contribution in [0.2, 0.25) is 0 Å². The van der Waals surface area contributed by atoms with Crippen molar-refractivity contribution < 1.29 is 9.59 Å². The molecular weight excluding hydrogens is 316 g/mol. The van der Waals surface area contributed by atoms with Gasteiger partial charge in [0.15, 0.2) is 0 Å². The SMILES string of the molecule is CNC(=O)c1cccc(NC(=O)C(C)n2cnc3ccccc32)c1C. The second-order valence-electron chi connectivity index (χ2n) is 5.86. The molecular formula is C19H20N4O2. The number of nitrogens with one attached hydrogen (secondary N) is 2. The first-order chi connectivity index (χ1) is 12.0. The molecule has 2 amide bonds. The van der Waals surface area contributed by atoms with Crippen LogP contribution in [-0.2, 0) is 4.79 Å². The van der Waals surface area contributed by atoms with Gasteiger partial charge in [0.05, 0.1) is 17.4 Å². The summed E-state index contributed by atoms with van der Waals surface area (Å²) in [5.41, 5.74) is 3.65. The first-order valence-electron chi connectivity index (χ1n) is 8.07. The molecule has 1 aromatic heterocycles. The molecule has 0 radical (unpaired) electrons. The van der Waals surface area contributed by atoms with Gasteiger partial charge in [-0.3, -0.25) is 9.59 Å². The maximum atomic E-state index is 12.7. The van der Waals surface area contributed by atoms with Crippen LogP contribution in [0, 0.1) is 6.92 Å². The highest BCUT2D eigenvalue weighted by Crippen LogP contribution is 2.22. The Bertz CT molecular complexity index is 946. The van der Waals surface area contributed by atoms with Crippen molar-refractivity contribution >= 4 is 28.5 Å². The number of anilines is 1. The molecule has 25 heavy (non-hydrogen) atoms. The molecule has 0 aliphatic carbocycles. The number of hydrogen-bond donors (Lipinski definition) is 2.